The SMILES string of the molecule is CCS(=O)(=O)N1CCCC(C(=O)Nc2cc(C)ccc2C)C1. The van der Waals surface area contributed by atoms with Gasteiger partial charge in [-0.15, -0.1) is 0 Å². The fourth-order valence-electron chi connectivity index (χ4n) is 2.70. The molecule has 0 saturated carbocycles. The van der Waals surface area contributed by atoms with Gasteiger partial charge < -0.3 is 5.32 Å². The van der Waals surface area contributed by atoms with Crippen LogP contribution < -0.4 is 5.32 Å². The lowest BCUT2D eigenvalue weighted by molar-refractivity contribution is -0.120. The van der Waals surface area contributed by atoms with Gasteiger partial charge in [-0.1, -0.05) is 12.1 Å². The summed E-state index contributed by atoms with van der Waals surface area (Å²) in [6, 6.07) is 5.91. The largest absolute Gasteiger partial charge is 0.326 e. The Morgan fingerprint density at radius 1 is 1.36 bits per heavy atom. The third-order valence-corrected chi connectivity index (χ3v) is 6.01. The minimum Gasteiger partial charge on any atom is -0.326 e. The third-order valence-electron chi connectivity index (χ3n) is 4.16. The van der Waals surface area contributed by atoms with Crippen molar-refractivity contribution in [1.29, 1.82) is 0 Å². The van der Waals surface area contributed by atoms with Gasteiger partial charge in [-0.25, -0.2) is 12.7 Å². The van der Waals surface area contributed by atoms with E-state index in [1.807, 2.05) is 32.0 Å². The van der Waals surface area contributed by atoms with E-state index < -0.39 is 10.0 Å². The zero-order valence-electron chi connectivity index (χ0n) is 13.4. The van der Waals surface area contributed by atoms with E-state index in [1.165, 1.54) is 4.31 Å². The Balaban J connectivity index is 2.08. The molecule has 1 fully saturated rings. The van der Waals surface area contributed by atoms with Crippen LogP contribution in [0.15, 0.2) is 18.2 Å². The number of carbonyl (C=O) groups is 1. The number of carbonyl (C=O) groups excluding carboxylic acids is 1. The van der Waals surface area contributed by atoms with Crippen molar-refractivity contribution in [3.8, 4) is 0 Å². The highest BCUT2D eigenvalue weighted by molar-refractivity contribution is 7.89. The molecule has 1 aromatic rings. The summed E-state index contributed by atoms with van der Waals surface area (Å²) in [6.45, 7) is 6.36. The standard InChI is InChI=1S/C16H24N2O3S/c1-4-22(20,21)18-9-5-6-14(11-18)16(19)17-15-10-12(2)7-8-13(15)3/h7-8,10,14H,4-6,9,11H2,1-3H3,(H,17,19). The number of aryl methyl sites for hydroxylation is 2. The molecule has 0 spiro atoms. The fraction of sp³-hybridized carbons (Fsp3) is 0.562. The summed E-state index contributed by atoms with van der Waals surface area (Å²) >= 11 is 0. The molecule has 0 aromatic heterocycles. The highest BCUT2D eigenvalue weighted by Gasteiger charge is 2.31. The van der Waals surface area contributed by atoms with Crippen LogP contribution in [-0.2, 0) is 14.8 Å². The molecule has 1 heterocycles. The van der Waals surface area contributed by atoms with Gasteiger partial charge in [0.05, 0.1) is 11.7 Å². The molecule has 2 rings (SSSR count). The lowest BCUT2D eigenvalue weighted by Crippen LogP contribution is -2.44. The normalized spacial score (nSPS) is 19.9. The Hall–Kier alpha value is -1.40. The van der Waals surface area contributed by atoms with Crippen molar-refractivity contribution in [2.45, 2.75) is 33.6 Å². The van der Waals surface area contributed by atoms with Gasteiger partial charge >= 0.3 is 0 Å². The van der Waals surface area contributed by atoms with Gasteiger partial charge in [-0.2, -0.15) is 0 Å². The molecule has 122 valence electrons. The van der Waals surface area contributed by atoms with Crippen LogP contribution in [0.3, 0.4) is 0 Å². The monoisotopic (exact) mass is 324 g/mol. The van der Waals surface area contributed by atoms with E-state index in [2.05, 4.69) is 5.32 Å². The van der Waals surface area contributed by atoms with Crippen molar-refractivity contribution in [2.24, 2.45) is 5.92 Å². The molecule has 1 saturated heterocycles. The number of anilines is 1. The summed E-state index contributed by atoms with van der Waals surface area (Å²) in [5.41, 5.74) is 2.90. The Kier molecular flexibility index (Phi) is 5.24. The third kappa shape index (κ3) is 3.87. The zero-order valence-corrected chi connectivity index (χ0v) is 14.2. The predicted octanol–water partition coefficient (Wildman–Crippen LogP) is 2.30. The first kappa shape index (κ1) is 17.0. The smallest absolute Gasteiger partial charge is 0.228 e. The molecule has 0 bridgehead atoms. The van der Waals surface area contributed by atoms with Gasteiger partial charge in [0.2, 0.25) is 15.9 Å². The number of amides is 1. The molecule has 1 aliphatic rings. The van der Waals surface area contributed by atoms with Crippen LogP contribution in [0.2, 0.25) is 0 Å². The summed E-state index contributed by atoms with van der Waals surface area (Å²) in [4.78, 5) is 12.5. The minimum absolute atomic E-state index is 0.0817. The summed E-state index contributed by atoms with van der Waals surface area (Å²) in [7, 11) is -3.22. The minimum atomic E-state index is -3.22. The fourth-order valence-corrected chi connectivity index (χ4v) is 3.88. The molecule has 0 radical (unpaired) electrons. The summed E-state index contributed by atoms with van der Waals surface area (Å²) < 4.78 is 25.4. The number of piperidine rings is 1. The quantitative estimate of drug-likeness (QED) is 0.924. The van der Waals surface area contributed by atoms with Crippen molar-refractivity contribution in [1.82, 2.24) is 4.31 Å². The lowest BCUT2D eigenvalue weighted by atomic mass is 9.98. The second-order valence-electron chi connectivity index (χ2n) is 5.91. The van der Waals surface area contributed by atoms with Crippen LogP contribution in [0.5, 0.6) is 0 Å². The van der Waals surface area contributed by atoms with Crippen molar-refractivity contribution in [2.75, 3.05) is 24.2 Å². The van der Waals surface area contributed by atoms with E-state index in [-0.39, 0.29) is 24.1 Å². The number of hydrogen-bond acceptors (Lipinski definition) is 3. The second-order valence-corrected chi connectivity index (χ2v) is 8.16. The molecule has 1 atom stereocenters. The van der Waals surface area contributed by atoms with E-state index in [0.717, 1.165) is 29.7 Å². The predicted molar refractivity (Wildman–Crippen MR) is 88.3 cm³/mol. The summed E-state index contributed by atoms with van der Waals surface area (Å²) in [5, 5.41) is 2.95. The molecule has 22 heavy (non-hydrogen) atoms. The Labute approximate surface area is 132 Å². The molecule has 5 nitrogen and oxygen atoms in total. The van der Waals surface area contributed by atoms with Gasteiger partial charge in [-0.05, 0) is 50.8 Å². The molecule has 1 aliphatic heterocycles. The first-order valence-corrected chi connectivity index (χ1v) is 9.30. The maximum Gasteiger partial charge on any atom is 0.228 e. The second kappa shape index (κ2) is 6.79. The van der Waals surface area contributed by atoms with Crippen LogP contribution in [0.1, 0.15) is 30.9 Å². The number of hydrogen-bond donors (Lipinski definition) is 1. The zero-order chi connectivity index (χ0) is 16.3. The molecular weight excluding hydrogens is 300 g/mol. The number of nitrogens with zero attached hydrogens (tertiary/aromatic N) is 1. The first-order valence-electron chi connectivity index (χ1n) is 7.69. The maximum absolute atomic E-state index is 12.5. The van der Waals surface area contributed by atoms with Crippen molar-refractivity contribution >= 4 is 21.6 Å². The molecule has 1 aromatic carbocycles. The van der Waals surface area contributed by atoms with Gasteiger partial charge in [0.15, 0.2) is 0 Å². The van der Waals surface area contributed by atoms with E-state index in [4.69, 9.17) is 0 Å². The van der Waals surface area contributed by atoms with Crippen LogP contribution in [0.4, 0.5) is 5.69 Å². The highest BCUT2D eigenvalue weighted by atomic mass is 32.2. The van der Waals surface area contributed by atoms with Gasteiger partial charge in [0, 0.05) is 18.8 Å². The average molecular weight is 324 g/mol. The van der Waals surface area contributed by atoms with Crippen molar-refractivity contribution in [3.05, 3.63) is 29.3 Å². The molecule has 0 aliphatic carbocycles. The van der Waals surface area contributed by atoms with Crippen LogP contribution in [-0.4, -0.2) is 37.5 Å². The lowest BCUT2D eigenvalue weighted by Gasteiger charge is -2.31. The number of nitrogens with one attached hydrogen (secondary N) is 1. The van der Waals surface area contributed by atoms with Crippen LogP contribution in [0.25, 0.3) is 0 Å². The summed E-state index contributed by atoms with van der Waals surface area (Å²) in [5.74, 6) is -0.294. The van der Waals surface area contributed by atoms with E-state index in [9.17, 15) is 13.2 Å². The van der Waals surface area contributed by atoms with Crippen LogP contribution in [0, 0.1) is 19.8 Å². The van der Waals surface area contributed by atoms with Crippen molar-refractivity contribution < 1.29 is 13.2 Å². The molecule has 1 amide bonds. The summed E-state index contributed by atoms with van der Waals surface area (Å²) in [6.07, 6.45) is 1.45. The molecule has 1 unspecified atom stereocenters. The van der Waals surface area contributed by atoms with E-state index >= 15 is 0 Å². The first-order chi connectivity index (χ1) is 10.3. The van der Waals surface area contributed by atoms with E-state index in [0.29, 0.717) is 6.54 Å². The Morgan fingerprint density at radius 2 is 2.09 bits per heavy atom. The number of rotatable bonds is 4. The van der Waals surface area contributed by atoms with Crippen molar-refractivity contribution in [3.63, 3.8) is 0 Å². The molecule has 1 N–H and O–H groups in total. The number of sulfonamides is 1. The molecule has 6 heteroatoms. The van der Waals surface area contributed by atoms with E-state index in [1.54, 1.807) is 6.92 Å². The number of benzene rings is 1. The highest BCUT2D eigenvalue weighted by Crippen LogP contribution is 2.23. The van der Waals surface area contributed by atoms with Gasteiger partial charge in [0.25, 0.3) is 0 Å². The van der Waals surface area contributed by atoms with Gasteiger partial charge in [-0.3, -0.25) is 4.79 Å². The molecular formula is C16H24N2O3S. The van der Waals surface area contributed by atoms with Crippen LogP contribution >= 0.6 is 0 Å². The van der Waals surface area contributed by atoms with Gasteiger partial charge in [0.1, 0.15) is 0 Å². The Morgan fingerprint density at radius 3 is 2.77 bits per heavy atom. The maximum atomic E-state index is 12.5. The Bertz CT molecular complexity index is 655. The average Bonchev–Trinajstić information content (AvgIpc) is 2.51. The topological polar surface area (TPSA) is 66.5 Å².